The first-order valence-corrected chi connectivity index (χ1v) is 29.5. The molecule has 21 heteroatoms. The number of carbonyl (C=O) groups excluding carboxylic acids is 8. The van der Waals surface area contributed by atoms with Gasteiger partial charge in [-0.2, -0.15) is 8.42 Å². The van der Waals surface area contributed by atoms with Crippen LogP contribution in [0.15, 0.2) is 113 Å². The number of nitrogen functional groups attached to an aromatic ring is 1. The van der Waals surface area contributed by atoms with Crippen molar-refractivity contribution in [3.63, 3.8) is 0 Å². The molecule has 1 saturated heterocycles. The number of nitrogens with two attached hydrogens (primary N) is 1. The lowest BCUT2D eigenvalue weighted by atomic mass is 9.82. The smallest absolute Gasteiger partial charge is 0.407 e. The number of hydrogen-bond donors (Lipinski definition) is 5. The molecule has 1 aliphatic heterocycles. The number of likely N-dealkylation sites (tertiary alicyclic amines) is 1. The van der Waals surface area contributed by atoms with Crippen LogP contribution >= 0.6 is 0 Å². The third kappa shape index (κ3) is 12.3. The standard InChI is InChI=1S/C59H63N5O14S2/c1-32(2)44(29-50(67)47-23-13-25-64(47)58(71)33(3)27-49(66)35(5)62-59(72)78-31-45-40-19-8-6-17-38(40)39-18-7-9-20-41(39)45)57(70)61-34(4)48(65)24-14-26-79(73,74)37-16-12-15-36(28-37)63-46-30-51(80(75,76)77)54(60)53-52(46)55(68)42-21-10-11-22-43(42)56(53)69/h6-12,15-22,28,30,32-35,44-45,47,63H,13-14,23-27,29,31,60H2,1-5H3,(H,61,70)(H,62,72)(H,75,76,77). The van der Waals surface area contributed by atoms with Gasteiger partial charge in [0.25, 0.3) is 10.1 Å². The van der Waals surface area contributed by atoms with E-state index < -0.39 is 113 Å². The summed E-state index contributed by atoms with van der Waals surface area (Å²) in [6.45, 7) is 8.41. The lowest BCUT2D eigenvalue weighted by molar-refractivity contribution is -0.143. The van der Waals surface area contributed by atoms with E-state index in [9.17, 15) is 59.7 Å². The van der Waals surface area contributed by atoms with Crippen LogP contribution < -0.4 is 21.7 Å². The van der Waals surface area contributed by atoms with Crippen LogP contribution in [0, 0.1) is 17.8 Å². The van der Waals surface area contributed by atoms with Crippen molar-refractivity contribution in [3.8, 4) is 11.1 Å². The minimum absolute atomic E-state index is 0.0240. The molecule has 0 aromatic heterocycles. The number of rotatable bonds is 22. The maximum absolute atomic E-state index is 13.9. The van der Waals surface area contributed by atoms with Gasteiger partial charge in [0.15, 0.2) is 38.8 Å². The second-order valence-electron chi connectivity index (χ2n) is 21.0. The average molecular weight is 1130 g/mol. The van der Waals surface area contributed by atoms with Crippen molar-refractivity contribution in [1.29, 1.82) is 0 Å². The summed E-state index contributed by atoms with van der Waals surface area (Å²) in [4.78, 5) is 109. The molecule has 80 heavy (non-hydrogen) atoms. The fraction of sp³-hybridized carbons (Fsp3) is 0.356. The Balaban J connectivity index is 0.813. The highest BCUT2D eigenvalue weighted by molar-refractivity contribution is 7.91. The Morgan fingerprint density at radius 2 is 1.31 bits per heavy atom. The number of ether oxygens (including phenoxy) is 1. The predicted octanol–water partition coefficient (Wildman–Crippen LogP) is 7.41. The van der Waals surface area contributed by atoms with Gasteiger partial charge in [0.05, 0.1) is 51.3 Å². The van der Waals surface area contributed by atoms with Crippen LogP contribution in [-0.2, 0) is 48.7 Å². The van der Waals surface area contributed by atoms with E-state index in [1.54, 1.807) is 20.8 Å². The van der Waals surface area contributed by atoms with Gasteiger partial charge < -0.3 is 31.3 Å². The van der Waals surface area contributed by atoms with Crippen molar-refractivity contribution in [2.75, 3.05) is 30.0 Å². The summed E-state index contributed by atoms with van der Waals surface area (Å²) < 4.78 is 67.7. The number of hydrogen-bond acceptors (Lipinski definition) is 15. The number of sulfone groups is 1. The van der Waals surface area contributed by atoms with E-state index in [1.165, 1.54) is 67.3 Å². The first-order valence-electron chi connectivity index (χ1n) is 26.4. The quantitative estimate of drug-likeness (QED) is 0.0326. The molecule has 1 heterocycles. The molecule has 3 amide bonds. The van der Waals surface area contributed by atoms with Crippen LogP contribution in [0.5, 0.6) is 0 Å². The molecule has 2 aliphatic carbocycles. The van der Waals surface area contributed by atoms with Crippen molar-refractivity contribution in [2.24, 2.45) is 17.8 Å². The Kier molecular flexibility index (Phi) is 17.4. The van der Waals surface area contributed by atoms with Gasteiger partial charge in [-0.25, -0.2) is 13.2 Å². The second kappa shape index (κ2) is 23.8. The molecule has 6 N–H and O–H groups in total. The Morgan fingerprint density at radius 1 is 0.725 bits per heavy atom. The van der Waals surface area contributed by atoms with E-state index in [4.69, 9.17) is 10.5 Å². The van der Waals surface area contributed by atoms with Crippen LogP contribution in [-0.4, -0.2) is 110 Å². The Bertz CT molecular complexity index is 3530. The first-order chi connectivity index (χ1) is 37.9. The zero-order chi connectivity index (χ0) is 58.0. The molecule has 0 bridgehead atoms. The number of anilines is 3. The zero-order valence-electron chi connectivity index (χ0n) is 44.8. The van der Waals surface area contributed by atoms with Gasteiger partial charge in [-0.1, -0.05) is 99.6 Å². The van der Waals surface area contributed by atoms with Crippen molar-refractivity contribution in [3.05, 3.63) is 137 Å². The topological polar surface area (TPSA) is 300 Å². The normalized spacial score (nSPS) is 16.3. The molecule has 5 aromatic rings. The largest absolute Gasteiger partial charge is 0.449 e. The average Bonchev–Trinajstić information content (AvgIpc) is 4.04. The Labute approximate surface area is 464 Å². The Hall–Kier alpha value is -7.88. The van der Waals surface area contributed by atoms with E-state index in [2.05, 4.69) is 16.0 Å². The fourth-order valence-electron chi connectivity index (χ4n) is 10.8. The van der Waals surface area contributed by atoms with E-state index in [0.717, 1.165) is 28.3 Å². The summed E-state index contributed by atoms with van der Waals surface area (Å²) in [7, 11) is -9.11. The van der Waals surface area contributed by atoms with Crippen LogP contribution in [0.25, 0.3) is 11.1 Å². The highest BCUT2D eigenvalue weighted by Gasteiger charge is 2.40. The summed E-state index contributed by atoms with van der Waals surface area (Å²) in [6.07, 6.45) is -0.715. The molecule has 5 atom stereocenters. The van der Waals surface area contributed by atoms with Crippen molar-refractivity contribution in [2.45, 2.75) is 107 Å². The van der Waals surface area contributed by atoms with Gasteiger partial charge in [-0.15, -0.1) is 0 Å². The highest BCUT2D eigenvalue weighted by Crippen LogP contribution is 2.45. The number of Topliss-reactive ketones (excluding diaryl/α,β-unsaturated/α-hetero) is 3. The maximum Gasteiger partial charge on any atom is 0.407 e. The lowest BCUT2D eigenvalue weighted by Crippen LogP contribution is -2.47. The summed E-state index contributed by atoms with van der Waals surface area (Å²) in [5, 5.41) is 8.10. The first kappa shape index (κ1) is 58.3. The predicted molar refractivity (Wildman–Crippen MR) is 297 cm³/mol. The minimum atomic E-state index is -5.02. The Morgan fingerprint density at radius 3 is 1.93 bits per heavy atom. The van der Waals surface area contributed by atoms with Gasteiger partial charge in [-0.3, -0.25) is 38.1 Å². The summed E-state index contributed by atoms with van der Waals surface area (Å²) in [5.74, 6) is -6.35. The minimum Gasteiger partial charge on any atom is -0.449 e. The van der Waals surface area contributed by atoms with E-state index in [1.807, 2.05) is 48.5 Å². The number of fused-ring (bicyclic) bond motifs is 5. The van der Waals surface area contributed by atoms with Gasteiger partial charge in [0, 0.05) is 60.4 Å². The lowest BCUT2D eigenvalue weighted by Gasteiger charge is -2.29. The van der Waals surface area contributed by atoms with Crippen molar-refractivity contribution >= 4 is 83.8 Å². The molecule has 420 valence electrons. The molecule has 0 saturated carbocycles. The molecule has 5 aromatic carbocycles. The molecule has 8 rings (SSSR count). The van der Waals surface area contributed by atoms with Gasteiger partial charge in [0.1, 0.15) is 11.5 Å². The van der Waals surface area contributed by atoms with Crippen molar-refractivity contribution in [1.82, 2.24) is 15.5 Å². The summed E-state index contributed by atoms with van der Waals surface area (Å²) in [5.41, 5.74) is 8.79. The van der Waals surface area contributed by atoms with Crippen molar-refractivity contribution < 1.29 is 64.5 Å². The molecular weight excluding hydrogens is 1070 g/mol. The van der Waals surface area contributed by atoms with Gasteiger partial charge in [-0.05, 0) is 85.5 Å². The van der Waals surface area contributed by atoms with Gasteiger partial charge in [0.2, 0.25) is 11.8 Å². The summed E-state index contributed by atoms with van der Waals surface area (Å²) >= 11 is 0. The van der Waals surface area contributed by atoms with Crippen LogP contribution in [0.3, 0.4) is 0 Å². The van der Waals surface area contributed by atoms with Gasteiger partial charge >= 0.3 is 6.09 Å². The third-order valence-electron chi connectivity index (χ3n) is 15.2. The third-order valence-corrected chi connectivity index (χ3v) is 17.9. The SMILES string of the molecule is CC(CC(=O)C(C)NC(=O)OCC1c2ccccc2-c2ccccc21)C(=O)N1CCCC1C(=O)CC(C(=O)NC(C)C(=O)CCCS(=O)(=O)c1cccc(Nc2cc(S(=O)(=O)O)c(N)c3c2C(=O)c2ccccc2C3=O)c1)C(C)C. The second-order valence-corrected chi connectivity index (χ2v) is 24.5. The molecule has 5 unspecified atom stereocenters. The monoisotopic (exact) mass is 1130 g/mol. The maximum atomic E-state index is 13.9. The number of carbonyl (C=O) groups is 8. The number of benzene rings is 5. The zero-order valence-corrected chi connectivity index (χ0v) is 46.4. The van der Waals surface area contributed by atoms with Crippen LogP contribution in [0.2, 0.25) is 0 Å². The molecule has 0 radical (unpaired) electrons. The number of nitrogens with one attached hydrogen (secondary N) is 3. The number of ketones is 5. The molecular formula is C59H63N5O14S2. The summed E-state index contributed by atoms with van der Waals surface area (Å²) in [6, 6.07) is 25.0. The van der Waals surface area contributed by atoms with E-state index >= 15 is 0 Å². The van der Waals surface area contributed by atoms with Crippen LogP contribution in [0.4, 0.5) is 21.9 Å². The number of alkyl carbamates (subject to hydrolysis) is 1. The molecule has 0 spiro atoms. The molecule has 19 nitrogen and oxygen atoms in total. The number of nitrogens with zero attached hydrogens (tertiary/aromatic N) is 1. The fourth-order valence-corrected chi connectivity index (χ4v) is 12.8. The van der Waals surface area contributed by atoms with E-state index in [-0.39, 0.29) is 89.4 Å². The number of amides is 3. The highest BCUT2D eigenvalue weighted by atomic mass is 32.2. The molecule has 3 aliphatic rings. The van der Waals surface area contributed by atoms with E-state index in [0.29, 0.717) is 12.8 Å². The van der Waals surface area contributed by atoms with Crippen LogP contribution in [0.1, 0.15) is 122 Å². The molecule has 1 fully saturated rings.